The van der Waals surface area contributed by atoms with Crippen molar-refractivity contribution in [1.29, 1.82) is 0 Å². The molecule has 0 bridgehead atoms. The summed E-state index contributed by atoms with van der Waals surface area (Å²) in [6, 6.07) is 0. The molecular weight excluding hydrogens is 515 g/mol. The molecule has 5 rings (SSSR count). The van der Waals surface area contributed by atoms with Crippen molar-refractivity contribution < 1.29 is 27.9 Å². The Kier molecular flexibility index (Phi) is 6.67. The third-order valence-electron chi connectivity index (χ3n) is 12.9. The molecule has 0 aromatic heterocycles. The van der Waals surface area contributed by atoms with Gasteiger partial charge in [0.1, 0.15) is 5.78 Å². The Morgan fingerprint density at radius 3 is 2.35 bits per heavy atom. The van der Waals surface area contributed by atoms with Crippen LogP contribution in [-0.4, -0.2) is 29.0 Å². The third kappa shape index (κ3) is 4.02. The predicted molar refractivity (Wildman–Crippen MR) is 147 cm³/mol. The van der Waals surface area contributed by atoms with Crippen molar-refractivity contribution in [2.24, 2.45) is 50.7 Å². The summed E-state index contributed by atoms with van der Waals surface area (Å²) in [6.45, 7) is 20.5. The highest BCUT2D eigenvalue weighted by molar-refractivity contribution is 5.97. The Morgan fingerprint density at radius 2 is 1.73 bits per heavy atom. The maximum Gasteiger partial charge on any atom is 0.389 e. The minimum Gasteiger partial charge on any atom is -0.399 e. The Hall–Kier alpha value is -1.94. The molecule has 220 valence electrons. The first-order valence-corrected chi connectivity index (χ1v) is 15.0. The zero-order valence-corrected chi connectivity index (χ0v) is 24.8. The van der Waals surface area contributed by atoms with Gasteiger partial charge in [0.2, 0.25) is 0 Å². The number of ketones is 2. The van der Waals surface area contributed by atoms with Crippen LogP contribution in [0.1, 0.15) is 99.3 Å². The molecule has 5 aliphatic rings. The Labute approximate surface area is 236 Å². The van der Waals surface area contributed by atoms with E-state index in [2.05, 4.69) is 39.5 Å². The summed E-state index contributed by atoms with van der Waals surface area (Å²) in [5, 5.41) is 10.8. The Balaban J connectivity index is 1.63. The first-order valence-electron chi connectivity index (χ1n) is 15.0. The molecule has 0 aromatic carbocycles. The highest BCUT2D eigenvalue weighted by Gasteiger charge is 2.69. The normalized spacial score (nSPS) is 46.0. The average molecular weight is 560 g/mol. The van der Waals surface area contributed by atoms with Gasteiger partial charge in [-0.1, -0.05) is 53.2 Å². The van der Waals surface area contributed by atoms with E-state index in [4.69, 9.17) is 6.57 Å². The summed E-state index contributed by atoms with van der Waals surface area (Å²) in [4.78, 5) is 31.8. The molecule has 7 heteroatoms. The first kappa shape index (κ1) is 29.5. The molecule has 1 N–H and O–H groups in total. The second-order valence-corrected chi connectivity index (χ2v) is 15.3. The Bertz CT molecular complexity index is 1230. The predicted octanol–water partition coefficient (Wildman–Crippen LogP) is 7.87. The molecule has 5 aliphatic carbocycles. The zero-order valence-electron chi connectivity index (χ0n) is 24.8. The fraction of sp³-hybridized carbons (Fsp3) is 0.788. The lowest BCUT2D eigenvalue weighted by Gasteiger charge is -2.68. The summed E-state index contributed by atoms with van der Waals surface area (Å²) in [6.07, 6.45) is 1.68. The van der Waals surface area contributed by atoms with Gasteiger partial charge in [0, 0.05) is 23.2 Å². The van der Waals surface area contributed by atoms with Gasteiger partial charge in [0.25, 0.3) is 0 Å². The summed E-state index contributed by atoms with van der Waals surface area (Å²) in [5.41, 5.74) is -0.991. The molecular formula is C33H44F3NO3. The van der Waals surface area contributed by atoms with Crippen LogP contribution in [0.4, 0.5) is 13.2 Å². The van der Waals surface area contributed by atoms with Crippen LogP contribution in [-0.2, 0) is 9.59 Å². The van der Waals surface area contributed by atoms with E-state index in [0.717, 1.165) is 24.8 Å². The number of hydrogen-bond acceptors (Lipinski definition) is 3. The number of halogens is 3. The van der Waals surface area contributed by atoms with Crippen LogP contribution in [0.2, 0.25) is 0 Å². The number of fused-ring (bicyclic) bond motifs is 7. The molecule has 3 saturated carbocycles. The zero-order chi connectivity index (χ0) is 29.7. The minimum absolute atomic E-state index is 0.0104. The van der Waals surface area contributed by atoms with Crippen LogP contribution in [0.25, 0.3) is 4.85 Å². The van der Waals surface area contributed by atoms with Gasteiger partial charge in [-0.15, -0.1) is 0 Å². The molecule has 40 heavy (non-hydrogen) atoms. The van der Waals surface area contributed by atoms with Crippen molar-refractivity contribution in [1.82, 2.24) is 0 Å². The number of nitrogens with zero attached hydrogens (tertiary/aromatic N) is 1. The van der Waals surface area contributed by atoms with Crippen LogP contribution < -0.4 is 0 Å². The maximum absolute atomic E-state index is 14.4. The monoisotopic (exact) mass is 559 g/mol. The second-order valence-electron chi connectivity index (χ2n) is 15.3. The summed E-state index contributed by atoms with van der Waals surface area (Å²) in [5.74, 6) is -1.06. The van der Waals surface area contributed by atoms with E-state index >= 15 is 0 Å². The van der Waals surface area contributed by atoms with E-state index in [9.17, 15) is 27.9 Å². The molecule has 4 nitrogen and oxygen atoms in total. The van der Waals surface area contributed by atoms with Crippen molar-refractivity contribution in [3.63, 3.8) is 0 Å². The van der Waals surface area contributed by atoms with E-state index in [1.54, 1.807) is 6.08 Å². The lowest BCUT2D eigenvalue weighted by atomic mass is 9.34. The molecule has 0 amide bonds. The van der Waals surface area contributed by atoms with Crippen molar-refractivity contribution in [2.45, 2.75) is 112 Å². The fourth-order valence-electron chi connectivity index (χ4n) is 10.4. The average Bonchev–Trinajstić information content (AvgIpc) is 2.85. The molecule has 3 fully saturated rings. The maximum atomic E-state index is 14.4. The smallest absolute Gasteiger partial charge is 0.389 e. The van der Waals surface area contributed by atoms with E-state index in [1.165, 1.54) is 0 Å². The van der Waals surface area contributed by atoms with Crippen LogP contribution >= 0.6 is 0 Å². The van der Waals surface area contributed by atoms with Crippen molar-refractivity contribution >= 4 is 11.6 Å². The molecule has 0 saturated heterocycles. The molecule has 9 atom stereocenters. The van der Waals surface area contributed by atoms with Gasteiger partial charge in [0.15, 0.2) is 11.5 Å². The number of carbonyl (C=O) groups is 2. The number of allylic oxidation sites excluding steroid dienone is 3. The van der Waals surface area contributed by atoms with Gasteiger partial charge < -0.3 is 5.11 Å². The largest absolute Gasteiger partial charge is 0.399 e. The van der Waals surface area contributed by atoms with Gasteiger partial charge in [-0.05, 0) is 85.0 Å². The van der Waals surface area contributed by atoms with Gasteiger partial charge in [-0.3, -0.25) is 9.59 Å². The summed E-state index contributed by atoms with van der Waals surface area (Å²) >= 11 is 0. The summed E-state index contributed by atoms with van der Waals surface area (Å²) in [7, 11) is 0. The third-order valence-corrected chi connectivity index (χ3v) is 12.9. The van der Waals surface area contributed by atoms with Crippen molar-refractivity contribution in [3.8, 4) is 0 Å². The highest BCUT2D eigenvalue weighted by atomic mass is 19.4. The molecule has 0 heterocycles. The quantitative estimate of drug-likeness (QED) is 0.358. The van der Waals surface area contributed by atoms with Gasteiger partial charge in [-0.2, -0.15) is 13.2 Å². The fourth-order valence-corrected chi connectivity index (χ4v) is 10.4. The van der Waals surface area contributed by atoms with Crippen LogP contribution in [0.3, 0.4) is 0 Å². The number of aliphatic hydroxyl groups is 1. The molecule has 0 spiro atoms. The first-order chi connectivity index (χ1) is 18.4. The van der Waals surface area contributed by atoms with E-state index in [-0.39, 0.29) is 40.2 Å². The van der Waals surface area contributed by atoms with E-state index in [0.29, 0.717) is 31.4 Å². The van der Waals surface area contributed by atoms with Crippen LogP contribution in [0.5, 0.6) is 0 Å². The topological polar surface area (TPSA) is 58.7 Å². The molecule has 0 aromatic rings. The van der Waals surface area contributed by atoms with E-state index < -0.39 is 47.3 Å². The molecule has 0 aliphatic heterocycles. The van der Waals surface area contributed by atoms with Crippen LogP contribution in [0, 0.1) is 57.3 Å². The number of hydrogen-bond donors (Lipinski definition) is 1. The van der Waals surface area contributed by atoms with Gasteiger partial charge >= 0.3 is 6.18 Å². The van der Waals surface area contributed by atoms with E-state index in [1.807, 2.05) is 13.0 Å². The van der Waals surface area contributed by atoms with Crippen molar-refractivity contribution in [3.05, 3.63) is 34.8 Å². The molecule has 0 radical (unpaired) electrons. The highest BCUT2D eigenvalue weighted by Crippen LogP contribution is 2.74. The number of rotatable bonds is 3. The number of aliphatic hydroxyl groups excluding tert-OH is 1. The van der Waals surface area contributed by atoms with Gasteiger partial charge in [-0.25, -0.2) is 4.85 Å². The van der Waals surface area contributed by atoms with Crippen LogP contribution in [0.15, 0.2) is 23.4 Å². The minimum atomic E-state index is -4.39. The Morgan fingerprint density at radius 1 is 1.07 bits per heavy atom. The number of Topliss-reactive ketones (excluding diaryl/α,β-unsaturated/α-hetero) is 1. The second kappa shape index (κ2) is 9.03. The standard InChI is InChI=1S/C33H44F3NO3/c1-19-20-8-10-30(5)24(29(20,4)18-22(37-7)27(19)40)16-23(38)26-21-17-28(2,3)12-14-32(21,15-13-31(26,30)6)25(39)9-11-33(34,35)36/h16,18-21,26-27,40H,8-15,17H2,1-6H3/t19-,20-,21-,26-,27?,29-,30+,31+,32-/m0/s1. The summed E-state index contributed by atoms with van der Waals surface area (Å²) < 4.78 is 39.5. The number of alkyl halides is 3. The van der Waals surface area contributed by atoms with Gasteiger partial charge in [0.05, 0.1) is 19.1 Å². The lowest BCUT2D eigenvalue weighted by molar-refractivity contribution is -0.180. The SMILES string of the molecule is [C-]#[N+]C1=C[C@]2(C)C3=CC(=O)[C@@H]4[C@@H]5CC(C)(C)CC[C@]5(C(=O)CCC(F)(F)F)CC[C@@]4(C)[C@]3(C)CC[C@H]2[C@H](C)C1O. The number of carbonyl (C=O) groups excluding carboxylic acids is 2. The van der Waals surface area contributed by atoms with Crippen molar-refractivity contribution in [2.75, 3.05) is 0 Å². The lowest BCUT2D eigenvalue weighted by Crippen LogP contribution is -2.65. The molecule has 1 unspecified atom stereocenters.